The number of halogens is 2. The van der Waals surface area contributed by atoms with E-state index in [0.29, 0.717) is 11.1 Å². The van der Waals surface area contributed by atoms with E-state index in [1.54, 1.807) is 11.3 Å². The number of imidazole rings is 1. The fourth-order valence-electron chi connectivity index (χ4n) is 7.60. The maximum Gasteiger partial charge on any atom is 0.223 e. The maximum atomic E-state index is 14.6. The van der Waals surface area contributed by atoms with Crippen LogP contribution in [0, 0.1) is 11.9 Å². The third-order valence-corrected chi connectivity index (χ3v) is 11.1. The van der Waals surface area contributed by atoms with Crippen LogP contribution in [0.25, 0.3) is 81.8 Å². The number of rotatable bonds is 3. The van der Waals surface area contributed by atoms with Gasteiger partial charge in [0.05, 0.1) is 21.4 Å². The van der Waals surface area contributed by atoms with E-state index >= 15 is 0 Å². The molecule has 0 amide bonds. The number of para-hydroxylation sites is 2. The molecule has 0 bridgehead atoms. The molecule has 1 aliphatic carbocycles. The van der Waals surface area contributed by atoms with E-state index < -0.39 is 11.9 Å². The molecule has 4 nitrogen and oxygen atoms in total. The molecule has 7 heteroatoms. The summed E-state index contributed by atoms with van der Waals surface area (Å²) < 4.78 is 31.6. The number of benzene rings is 5. The van der Waals surface area contributed by atoms with Crippen LogP contribution in [-0.4, -0.2) is 19.4 Å². The summed E-state index contributed by atoms with van der Waals surface area (Å²) in [5, 5.41) is 1.05. The van der Waals surface area contributed by atoms with Gasteiger partial charge in [-0.05, 0) is 81.4 Å². The van der Waals surface area contributed by atoms with Gasteiger partial charge in [0.25, 0.3) is 0 Å². The lowest BCUT2D eigenvalue weighted by Gasteiger charge is -2.22. The third-order valence-electron chi connectivity index (χ3n) is 10.1. The standard InChI is InChI=1S/C42H26F2N4S/c1-42(2)31-21-25(15-17-28(31)29-18-16-26(22-32(29)42)27-19-20-36(43)46-40(27)44)23-11-13-24(14-12-23)37-39-38(30-7-3-4-8-33(30)45-37)47-41-48(39)34-9-5-6-10-35(34)49-41/h3-22H,1-2H3. The molecule has 0 saturated heterocycles. The van der Waals surface area contributed by atoms with Gasteiger partial charge in [-0.1, -0.05) is 104 Å². The minimum absolute atomic E-state index is 0.291. The highest BCUT2D eigenvalue weighted by molar-refractivity contribution is 7.23. The van der Waals surface area contributed by atoms with Crippen LogP contribution in [-0.2, 0) is 5.41 Å². The first kappa shape index (κ1) is 28.2. The Labute approximate surface area is 284 Å². The minimum Gasteiger partial charge on any atom is -0.281 e. The minimum atomic E-state index is -0.826. The Kier molecular flexibility index (Phi) is 5.83. The van der Waals surface area contributed by atoms with Crippen molar-refractivity contribution < 1.29 is 8.78 Å². The highest BCUT2D eigenvalue weighted by Crippen LogP contribution is 2.51. The Morgan fingerprint density at radius 1 is 0.612 bits per heavy atom. The van der Waals surface area contributed by atoms with Gasteiger partial charge in [-0.25, -0.2) is 9.97 Å². The first-order valence-electron chi connectivity index (χ1n) is 16.2. The van der Waals surface area contributed by atoms with Gasteiger partial charge in [0.2, 0.25) is 11.9 Å². The van der Waals surface area contributed by atoms with E-state index in [2.05, 4.69) is 102 Å². The summed E-state index contributed by atoms with van der Waals surface area (Å²) in [5.41, 5.74) is 13.5. The topological polar surface area (TPSA) is 43.1 Å². The van der Waals surface area contributed by atoms with Crippen molar-refractivity contribution in [3.05, 3.63) is 144 Å². The quantitative estimate of drug-likeness (QED) is 0.178. The zero-order chi connectivity index (χ0) is 33.0. The molecule has 0 aliphatic heterocycles. The van der Waals surface area contributed by atoms with Crippen molar-refractivity contribution in [3.8, 4) is 44.6 Å². The van der Waals surface area contributed by atoms with Crippen LogP contribution >= 0.6 is 11.3 Å². The summed E-state index contributed by atoms with van der Waals surface area (Å²) in [6.07, 6.45) is 0. The lowest BCUT2D eigenvalue weighted by molar-refractivity contribution is 0.515. The zero-order valence-corrected chi connectivity index (χ0v) is 27.3. The number of hydrogen-bond acceptors (Lipinski definition) is 4. The Balaban J connectivity index is 1.07. The Hall–Kier alpha value is -5.79. The van der Waals surface area contributed by atoms with Gasteiger partial charge in [-0.3, -0.25) is 4.40 Å². The average Bonchev–Trinajstić information content (AvgIpc) is 3.74. The van der Waals surface area contributed by atoms with Crippen LogP contribution in [0.1, 0.15) is 25.0 Å². The van der Waals surface area contributed by atoms with E-state index in [1.165, 1.54) is 28.0 Å². The van der Waals surface area contributed by atoms with Gasteiger partial charge in [-0.2, -0.15) is 13.8 Å². The van der Waals surface area contributed by atoms with Crippen LogP contribution in [0.5, 0.6) is 0 Å². The number of hydrogen-bond donors (Lipinski definition) is 0. The molecule has 0 saturated carbocycles. The largest absolute Gasteiger partial charge is 0.281 e. The third kappa shape index (κ3) is 4.09. The molecule has 5 aromatic carbocycles. The molecule has 4 heterocycles. The second-order valence-corrected chi connectivity index (χ2v) is 14.2. The summed E-state index contributed by atoms with van der Waals surface area (Å²) >= 11 is 1.70. The highest BCUT2D eigenvalue weighted by atomic mass is 32.1. The second kappa shape index (κ2) is 10.1. The number of aromatic nitrogens is 4. The van der Waals surface area contributed by atoms with Crippen molar-refractivity contribution in [2.24, 2.45) is 0 Å². The fourth-order valence-corrected chi connectivity index (χ4v) is 8.63. The Morgan fingerprint density at radius 2 is 1.27 bits per heavy atom. The molecule has 234 valence electrons. The van der Waals surface area contributed by atoms with Gasteiger partial charge in [0.15, 0.2) is 4.96 Å². The van der Waals surface area contributed by atoms with Crippen molar-refractivity contribution in [2.75, 3.05) is 0 Å². The lowest BCUT2D eigenvalue weighted by atomic mass is 9.81. The van der Waals surface area contributed by atoms with E-state index in [1.807, 2.05) is 30.3 Å². The molecule has 0 spiro atoms. The SMILES string of the molecule is CC1(C)c2cc(-c3ccc(-c4nc5ccccc5c5nc6sc7ccccc7n6c45)cc3)ccc2-c2ccc(-c3ccc(F)nc3F)cc21. The molecule has 0 unspecified atom stereocenters. The average molecular weight is 657 g/mol. The lowest BCUT2D eigenvalue weighted by Crippen LogP contribution is -2.15. The van der Waals surface area contributed by atoms with Crippen LogP contribution in [0.3, 0.4) is 0 Å². The molecule has 0 radical (unpaired) electrons. The van der Waals surface area contributed by atoms with E-state index in [-0.39, 0.29) is 5.41 Å². The van der Waals surface area contributed by atoms with Gasteiger partial charge in [0, 0.05) is 21.9 Å². The number of nitrogens with zero attached hydrogens (tertiary/aromatic N) is 4. The van der Waals surface area contributed by atoms with Crippen LogP contribution in [0.2, 0.25) is 0 Å². The molecular formula is C42H26F2N4S. The van der Waals surface area contributed by atoms with Gasteiger partial charge < -0.3 is 0 Å². The van der Waals surface area contributed by atoms with E-state index in [9.17, 15) is 8.78 Å². The summed E-state index contributed by atoms with van der Waals surface area (Å²) in [5.74, 6) is -1.63. The van der Waals surface area contributed by atoms with Crippen molar-refractivity contribution >= 4 is 48.5 Å². The predicted octanol–water partition coefficient (Wildman–Crippen LogP) is 11.2. The molecule has 0 fully saturated rings. The van der Waals surface area contributed by atoms with Gasteiger partial charge >= 0.3 is 0 Å². The number of pyridine rings is 2. The smallest absolute Gasteiger partial charge is 0.223 e. The monoisotopic (exact) mass is 656 g/mol. The van der Waals surface area contributed by atoms with Crippen LogP contribution < -0.4 is 0 Å². The van der Waals surface area contributed by atoms with Crippen molar-refractivity contribution in [2.45, 2.75) is 19.3 Å². The first-order chi connectivity index (χ1) is 23.8. The second-order valence-electron chi connectivity index (χ2n) is 13.2. The van der Waals surface area contributed by atoms with Crippen LogP contribution in [0.4, 0.5) is 8.78 Å². The number of thiazole rings is 1. The summed E-state index contributed by atoms with van der Waals surface area (Å²) in [7, 11) is 0. The summed E-state index contributed by atoms with van der Waals surface area (Å²) in [6, 6.07) is 40.5. The molecule has 0 N–H and O–H groups in total. The highest BCUT2D eigenvalue weighted by Gasteiger charge is 2.36. The Morgan fingerprint density at radius 3 is 2.06 bits per heavy atom. The summed E-state index contributed by atoms with van der Waals surface area (Å²) in [4.78, 5) is 14.7. The van der Waals surface area contributed by atoms with Crippen LogP contribution in [0.15, 0.2) is 121 Å². The van der Waals surface area contributed by atoms with Gasteiger partial charge in [-0.15, -0.1) is 0 Å². The molecule has 4 aromatic heterocycles. The van der Waals surface area contributed by atoms with Gasteiger partial charge in [0.1, 0.15) is 11.0 Å². The normalized spacial score (nSPS) is 13.5. The van der Waals surface area contributed by atoms with Crippen molar-refractivity contribution in [3.63, 3.8) is 0 Å². The molecule has 10 rings (SSSR count). The van der Waals surface area contributed by atoms with Crippen molar-refractivity contribution in [1.82, 2.24) is 19.4 Å². The molecule has 49 heavy (non-hydrogen) atoms. The predicted molar refractivity (Wildman–Crippen MR) is 195 cm³/mol. The van der Waals surface area contributed by atoms with E-state index in [4.69, 9.17) is 9.97 Å². The number of fused-ring (bicyclic) bond motifs is 10. The molecule has 9 aromatic rings. The molecule has 1 aliphatic rings. The molecular weight excluding hydrogens is 631 g/mol. The van der Waals surface area contributed by atoms with Crippen molar-refractivity contribution in [1.29, 1.82) is 0 Å². The Bertz CT molecular complexity index is 2820. The van der Waals surface area contributed by atoms with E-state index in [0.717, 1.165) is 65.9 Å². The molecule has 0 atom stereocenters. The fraction of sp³-hybridized carbons (Fsp3) is 0.0714. The first-order valence-corrected chi connectivity index (χ1v) is 17.0. The zero-order valence-electron chi connectivity index (χ0n) is 26.5. The maximum absolute atomic E-state index is 14.6. The summed E-state index contributed by atoms with van der Waals surface area (Å²) in [6.45, 7) is 4.40.